The minimum Gasteiger partial charge on any atom is -0.496 e. The van der Waals surface area contributed by atoms with Crippen molar-refractivity contribution in [3.05, 3.63) is 29.3 Å². The van der Waals surface area contributed by atoms with E-state index in [-0.39, 0.29) is 12.0 Å². The first-order valence-corrected chi connectivity index (χ1v) is 5.23. The molecule has 1 rings (SSSR count). The zero-order valence-electron chi connectivity index (χ0n) is 10.0. The van der Waals surface area contributed by atoms with Gasteiger partial charge in [0.1, 0.15) is 5.75 Å². The third-order valence-electron chi connectivity index (χ3n) is 2.25. The summed E-state index contributed by atoms with van der Waals surface area (Å²) < 4.78 is 5.16. The third kappa shape index (κ3) is 3.56. The maximum Gasteiger partial charge on any atom is 0.124 e. The lowest BCUT2D eigenvalue weighted by atomic mass is 9.87. The molecule has 15 heavy (non-hydrogen) atoms. The number of ether oxygens (including phenoxy) is 1. The van der Waals surface area contributed by atoms with Crippen molar-refractivity contribution < 1.29 is 9.84 Å². The van der Waals surface area contributed by atoms with Crippen LogP contribution < -0.4 is 4.74 Å². The van der Waals surface area contributed by atoms with Gasteiger partial charge in [-0.25, -0.2) is 0 Å². The van der Waals surface area contributed by atoms with Crippen molar-refractivity contribution in [2.45, 2.75) is 33.8 Å². The molecule has 0 saturated heterocycles. The first-order chi connectivity index (χ1) is 6.96. The molecule has 0 bridgehead atoms. The van der Waals surface area contributed by atoms with Gasteiger partial charge in [-0.3, -0.25) is 0 Å². The van der Waals surface area contributed by atoms with Crippen molar-refractivity contribution in [1.82, 2.24) is 0 Å². The Hall–Kier alpha value is -1.02. The molecule has 2 heteroatoms. The highest BCUT2D eigenvalue weighted by molar-refractivity contribution is 5.37. The molecule has 0 aliphatic rings. The van der Waals surface area contributed by atoms with Crippen molar-refractivity contribution >= 4 is 0 Å². The highest BCUT2D eigenvalue weighted by atomic mass is 16.5. The second-order valence-electron chi connectivity index (χ2n) is 5.04. The Morgan fingerprint density at radius 2 is 1.93 bits per heavy atom. The van der Waals surface area contributed by atoms with Gasteiger partial charge in [0.05, 0.1) is 13.7 Å². The minimum atomic E-state index is 0.0289. The van der Waals surface area contributed by atoms with Gasteiger partial charge in [0.15, 0.2) is 0 Å². The molecule has 1 N–H and O–H groups in total. The molecule has 0 saturated carbocycles. The molecule has 0 amide bonds. The summed E-state index contributed by atoms with van der Waals surface area (Å²) in [5, 5.41) is 9.19. The smallest absolute Gasteiger partial charge is 0.124 e. The summed E-state index contributed by atoms with van der Waals surface area (Å²) in [5.74, 6) is 0.759. The van der Waals surface area contributed by atoms with E-state index in [4.69, 9.17) is 4.74 Å². The fourth-order valence-corrected chi connectivity index (χ4v) is 1.68. The molecule has 0 spiro atoms. The van der Waals surface area contributed by atoms with E-state index in [0.717, 1.165) is 17.7 Å². The van der Waals surface area contributed by atoms with Crippen LogP contribution in [0.25, 0.3) is 0 Å². The second-order valence-corrected chi connectivity index (χ2v) is 5.04. The highest BCUT2D eigenvalue weighted by Gasteiger charge is 2.12. The van der Waals surface area contributed by atoms with Crippen LogP contribution in [0.4, 0.5) is 0 Å². The van der Waals surface area contributed by atoms with Gasteiger partial charge in [0, 0.05) is 5.56 Å². The molecular formula is C13H20O2. The van der Waals surface area contributed by atoms with E-state index < -0.39 is 0 Å². The SMILES string of the molecule is COc1ccc(CC(C)(C)C)cc1CO. The average molecular weight is 208 g/mol. The molecule has 1 aromatic rings. The lowest BCUT2D eigenvalue weighted by Crippen LogP contribution is -2.09. The highest BCUT2D eigenvalue weighted by Crippen LogP contribution is 2.25. The monoisotopic (exact) mass is 208 g/mol. The van der Waals surface area contributed by atoms with Gasteiger partial charge in [-0.15, -0.1) is 0 Å². The molecule has 1 aromatic carbocycles. The number of aliphatic hydroxyl groups is 1. The van der Waals surface area contributed by atoms with Gasteiger partial charge in [-0.1, -0.05) is 26.8 Å². The van der Waals surface area contributed by atoms with Crippen LogP contribution in [-0.2, 0) is 13.0 Å². The Kier molecular flexibility index (Phi) is 3.75. The Balaban J connectivity index is 2.93. The number of benzene rings is 1. The standard InChI is InChI=1S/C13H20O2/c1-13(2,3)8-10-5-6-12(15-4)11(7-10)9-14/h5-7,14H,8-9H2,1-4H3. The molecule has 0 fully saturated rings. The molecule has 0 heterocycles. The Labute approximate surface area is 91.9 Å². The topological polar surface area (TPSA) is 29.5 Å². The summed E-state index contributed by atoms with van der Waals surface area (Å²) in [4.78, 5) is 0. The maximum atomic E-state index is 9.19. The van der Waals surface area contributed by atoms with Crippen LogP contribution in [0.2, 0.25) is 0 Å². The molecule has 0 atom stereocenters. The van der Waals surface area contributed by atoms with E-state index in [1.165, 1.54) is 5.56 Å². The van der Waals surface area contributed by atoms with E-state index >= 15 is 0 Å². The van der Waals surface area contributed by atoms with Gasteiger partial charge in [0.25, 0.3) is 0 Å². The van der Waals surface area contributed by atoms with Crippen LogP contribution in [-0.4, -0.2) is 12.2 Å². The molecule has 0 radical (unpaired) electrons. The van der Waals surface area contributed by atoms with Crippen LogP contribution in [0.3, 0.4) is 0 Å². The molecule has 0 aliphatic carbocycles. The van der Waals surface area contributed by atoms with Crippen molar-refractivity contribution in [1.29, 1.82) is 0 Å². The Morgan fingerprint density at radius 1 is 1.27 bits per heavy atom. The van der Waals surface area contributed by atoms with Gasteiger partial charge in [0.2, 0.25) is 0 Å². The lowest BCUT2D eigenvalue weighted by molar-refractivity contribution is 0.273. The lowest BCUT2D eigenvalue weighted by Gasteiger charge is -2.19. The van der Waals surface area contributed by atoms with Crippen LogP contribution in [0, 0.1) is 5.41 Å². The molecular weight excluding hydrogens is 188 g/mol. The number of hydrogen-bond donors (Lipinski definition) is 1. The quantitative estimate of drug-likeness (QED) is 0.827. The summed E-state index contributed by atoms with van der Waals surface area (Å²) in [7, 11) is 1.62. The van der Waals surface area contributed by atoms with E-state index in [2.05, 4.69) is 26.8 Å². The summed E-state index contributed by atoms with van der Waals surface area (Å²) in [6.45, 7) is 6.64. The zero-order valence-corrected chi connectivity index (χ0v) is 10.0. The predicted octanol–water partition coefficient (Wildman–Crippen LogP) is 2.78. The fraction of sp³-hybridized carbons (Fsp3) is 0.538. The number of methoxy groups -OCH3 is 1. The molecule has 84 valence electrons. The number of aliphatic hydroxyl groups excluding tert-OH is 1. The van der Waals surface area contributed by atoms with Crippen molar-refractivity contribution in [2.75, 3.05) is 7.11 Å². The van der Waals surface area contributed by atoms with Crippen molar-refractivity contribution in [3.63, 3.8) is 0 Å². The molecule has 0 aromatic heterocycles. The first kappa shape index (κ1) is 12.1. The van der Waals surface area contributed by atoms with Crippen LogP contribution in [0.5, 0.6) is 5.75 Å². The zero-order chi connectivity index (χ0) is 11.5. The van der Waals surface area contributed by atoms with E-state index in [1.807, 2.05) is 12.1 Å². The minimum absolute atomic E-state index is 0.0289. The summed E-state index contributed by atoms with van der Waals surface area (Å²) in [6.07, 6.45) is 1.00. The average Bonchev–Trinajstić information content (AvgIpc) is 2.15. The fourth-order valence-electron chi connectivity index (χ4n) is 1.68. The van der Waals surface area contributed by atoms with Gasteiger partial charge in [-0.05, 0) is 29.5 Å². The molecule has 0 unspecified atom stereocenters. The van der Waals surface area contributed by atoms with Crippen LogP contribution in [0.1, 0.15) is 31.9 Å². The van der Waals surface area contributed by atoms with Crippen LogP contribution in [0.15, 0.2) is 18.2 Å². The molecule has 2 nitrogen and oxygen atoms in total. The Bertz CT molecular complexity index is 324. The van der Waals surface area contributed by atoms with E-state index in [9.17, 15) is 5.11 Å². The second kappa shape index (κ2) is 4.67. The van der Waals surface area contributed by atoms with Gasteiger partial charge >= 0.3 is 0 Å². The van der Waals surface area contributed by atoms with E-state index in [0.29, 0.717) is 0 Å². The summed E-state index contributed by atoms with van der Waals surface area (Å²) >= 11 is 0. The van der Waals surface area contributed by atoms with Crippen molar-refractivity contribution in [3.8, 4) is 5.75 Å². The number of hydrogen-bond acceptors (Lipinski definition) is 2. The van der Waals surface area contributed by atoms with Crippen LogP contribution >= 0.6 is 0 Å². The normalized spacial score (nSPS) is 11.5. The van der Waals surface area contributed by atoms with E-state index in [1.54, 1.807) is 7.11 Å². The third-order valence-corrected chi connectivity index (χ3v) is 2.25. The van der Waals surface area contributed by atoms with Crippen molar-refractivity contribution in [2.24, 2.45) is 5.41 Å². The Morgan fingerprint density at radius 3 is 2.40 bits per heavy atom. The van der Waals surface area contributed by atoms with Gasteiger partial charge < -0.3 is 9.84 Å². The summed E-state index contributed by atoms with van der Waals surface area (Å²) in [5.41, 5.74) is 2.37. The summed E-state index contributed by atoms with van der Waals surface area (Å²) in [6, 6.07) is 6.00. The van der Waals surface area contributed by atoms with Gasteiger partial charge in [-0.2, -0.15) is 0 Å². The molecule has 0 aliphatic heterocycles. The predicted molar refractivity (Wildman–Crippen MR) is 62.1 cm³/mol. The number of rotatable bonds is 3. The first-order valence-electron chi connectivity index (χ1n) is 5.23. The largest absolute Gasteiger partial charge is 0.496 e. The maximum absolute atomic E-state index is 9.19.